The maximum absolute atomic E-state index is 12.7. The molecule has 2 N–H and O–H groups in total. The van der Waals surface area contributed by atoms with Crippen LogP contribution >= 0.6 is 0 Å². The molecule has 2 aromatic carbocycles. The number of ether oxygens (including phenoxy) is 3. The molecule has 0 saturated carbocycles. The molecule has 0 aromatic heterocycles. The number of piperidine rings is 1. The Balaban J connectivity index is 1.57. The van der Waals surface area contributed by atoms with Gasteiger partial charge in [-0.3, -0.25) is 14.4 Å². The molecule has 0 unspecified atom stereocenters. The van der Waals surface area contributed by atoms with Crippen LogP contribution in [0.5, 0.6) is 11.5 Å². The van der Waals surface area contributed by atoms with Gasteiger partial charge in [0.1, 0.15) is 0 Å². The minimum Gasteiger partial charge on any atom is -0.490 e. The second kappa shape index (κ2) is 13.3. The van der Waals surface area contributed by atoms with Crippen molar-refractivity contribution in [3.05, 3.63) is 48.0 Å². The first kappa shape index (κ1) is 27.5. The minimum absolute atomic E-state index is 0.0878. The van der Waals surface area contributed by atoms with Crippen molar-refractivity contribution >= 4 is 35.1 Å². The minimum atomic E-state index is -1.07. The SMILES string of the molecule is CCOc1cc(C(=O)O[C@@H](C)C(=O)Nc2ccc(NC(C)=O)cc2)ccc1OCC(=O)N1CCCCC1. The van der Waals surface area contributed by atoms with Crippen molar-refractivity contribution in [1.29, 1.82) is 0 Å². The molecule has 1 atom stereocenters. The second-order valence-electron chi connectivity index (χ2n) is 8.62. The number of nitrogens with zero attached hydrogens (tertiary/aromatic N) is 1. The van der Waals surface area contributed by atoms with E-state index < -0.39 is 18.0 Å². The summed E-state index contributed by atoms with van der Waals surface area (Å²) in [7, 11) is 0. The zero-order valence-corrected chi connectivity index (χ0v) is 21.4. The van der Waals surface area contributed by atoms with Gasteiger partial charge in [0.05, 0.1) is 12.2 Å². The number of esters is 1. The van der Waals surface area contributed by atoms with E-state index in [9.17, 15) is 19.2 Å². The first-order chi connectivity index (χ1) is 17.8. The predicted molar refractivity (Wildman–Crippen MR) is 138 cm³/mol. The standard InChI is InChI=1S/C27H33N3O7/c1-4-35-24-16-20(8-13-23(24)36-17-25(32)30-14-6-5-7-15-30)27(34)37-18(2)26(33)29-22-11-9-21(10-12-22)28-19(3)31/h8-13,16,18H,4-7,14-15,17H2,1-3H3,(H,28,31)(H,29,33)/t18-/m0/s1. The molecule has 37 heavy (non-hydrogen) atoms. The highest BCUT2D eigenvalue weighted by Crippen LogP contribution is 2.29. The predicted octanol–water partition coefficient (Wildman–Crippen LogP) is 3.62. The molecule has 0 spiro atoms. The highest BCUT2D eigenvalue weighted by molar-refractivity contribution is 5.98. The van der Waals surface area contributed by atoms with Gasteiger partial charge in [-0.1, -0.05) is 0 Å². The van der Waals surface area contributed by atoms with E-state index in [2.05, 4.69) is 10.6 Å². The average Bonchev–Trinajstić information content (AvgIpc) is 2.89. The summed E-state index contributed by atoms with van der Waals surface area (Å²) in [5.74, 6) is -0.856. The molecule has 0 bridgehead atoms. The van der Waals surface area contributed by atoms with Gasteiger partial charge in [-0.2, -0.15) is 0 Å². The Hall–Kier alpha value is -4.08. The zero-order chi connectivity index (χ0) is 26.8. The molecule has 1 aliphatic heterocycles. The van der Waals surface area contributed by atoms with Gasteiger partial charge in [-0.15, -0.1) is 0 Å². The highest BCUT2D eigenvalue weighted by atomic mass is 16.5. The summed E-state index contributed by atoms with van der Waals surface area (Å²) in [6.45, 7) is 6.34. The molecule has 10 heteroatoms. The molecular formula is C27H33N3O7. The van der Waals surface area contributed by atoms with Crippen LogP contribution in [0.15, 0.2) is 42.5 Å². The molecule has 1 heterocycles. The molecule has 1 fully saturated rings. The topological polar surface area (TPSA) is 123 Å². The Morgan fingerprint density at radius 3 is 2.16 bits per heavy atom. The molecule has 1 aliphatic rings. The monoisotopic (exact) mass is 511 g/mol. The lowest BCUT2D eigenvalue weighted by atomic mass is 10.1. The fourth-order valence-electron chi connectivity index (χ4n) is 3.76. The van der Waals surface area contributed by atoms with Crippen LogP contribution < -0.4 is 20.1 Å². The number of carbonyl (C=O) groups excluding carboxylic acids is 4. The Kier molecular flexibility index (Phi) is 9.88. The molecule has 3 amide bonds. The molecule has 3 rings (SSSR count). The van der Waals surface area contributed by atoms with Gasteiger partial charge in [-0.05, 0) is 75.6 Å². The van der Waals surface area contributed by atoms with Crippen molar-refractivity contribution in [2.24, 2.45) is 0 Å². The summed E-state index contributed by atoms with van der Waals surface area (Å²) >= 11 is 0. The Morgan fingerprint density at radius 1 is 0.892 bits per heavy atom. The quantitative estimate of drug-likeness (QED) is 0.467. The number of anilines is 2. The molecule has 10 nitrogen and oxygen atoms in total. The van der Waals surface area contributed by atoms with Gasteiger partial charge in [0.15, 0.2) is 24.2 Å². The van der Waals surface area contributed by atoms with Crippen molar-refractivity contribution in [2.45, 2.75) is 46.1 Å². The maximum atomic E-state index is 12.7. The Bertz CT molecular complexity index is 1110. The van der Waals surface area contributed by atoms with Gasteiger partial charge in [0, 0.05) is 31.4 Å². The van der Waals surface area contributed by atoms with Crippen LogP contribution in [0.3, 0.4) is 0 Å². The fraction of sp³-hybridized carbons (Fsp3) is 0.407. The number of rotatable bonds is 10. The summed E-state index contributed by atoms with van der Waals surface area (Å²) in [5, 5.41) is 5.30. The first-order valence-corrected chi connectivity index (χ1v) is 12.3. The van der Waals surface area contributed by atoms with Crippen LogP contribution in [-0.4, -0.2) is 61.0 Å². The van der Waals surface area contributed by atoms with Crippen molar-refractivity contribution in [3.8, 4) is 11.5 Å². The van der Waals surface area contributed by atoms with Crippen molar-refractivity contribution in [1.82, 2.24) is 4.90 Å². The van der Waals surface area contributed by atoms with Gasteiger partial charge >= 0.3 is 5.97 Å². The van der Waals surface area contributed by atoms with E-state index in [1.54, 1.807) is 42.2 Å². The molecule has 2 aromatic rings. The third-order valence-corrected chi connectivity index (χ3v) is 5.67. The van der Waals surface area contributed by atoms with Crippen molar-refractivity contribution in [3.63, 3.8) is 0 Å². The zero-order valence-electron chi connectivity index (χ0n) is 21.4. The summed E-state index contributed by atoms with van der Waals surface area (Å²) in [6, 6.07) is 11.1. The summed E-state index contributed by atoms with van der Waals surface area (Å²) in [5.41, 5.74) is 1.26. The summed E-state index contributed by atoms with van der Waals surface area (Å²) in [4.78, 5) is 50.5. The maximum Gasteiger partial charge on any atom is 0.339 e. The number of nitrogens with one attached hydrogen (secondary N) is 2. The lowest BCUT2D eigenvalue weighted by molar-refractivity contribution is -0.134. The molecule has 0 radical (unpaired) electrons. The fourth-order valence-corrected chi connectivity index (χ4v) is 3.76. The summed E-state index contributed by atoms with van der Waals surface area (Å²) in [6.07, 6.45) is 2.04. The number of hydrogen-bond acceptors (Lipinski definition) is 7. The smallest absolute Gasteiger partial charge is 0.339 e. The van der Waals surface area contributed by atoms with Gasteiger partial charge in [0.25, 0.3) is 11.8 Å². The Labute approximate surface area is 216 Å². The largest absolute Gasteiger partial charge is 0.490 e. The Morgan fingerprint density at radius 2 is 1.54 bits per heavy atom. The first-order valence-electron chi connectivity index (χ1n) is 12.3. The third kappa shape index (κ3) is 8.23. The van der Waals surface area contributed by atoms with Crippen LogP contribution in [0.1, 0.15) is 50.4 Å². The lowest BCUT2D eigenvalue weighted by Crippen LogP contribution is -2.38. The molecular weight excluding hydrogens is 478 g/mol. The van der Waals surface area contributed by atoms with Gasteiger partial charge < -0.3 is 29.7 Å². The molecule has 1 saturated heterocycles. The van der Waals surface area contributed by atoms with Gasteiger partial charge in [0.2, 0.25) is 5.91 Å². The van der Waals surface area contributed by atoms with E-state index >= 15 is 0 Å². The summed E-state index contributed by atoms with van der Waals surface area (Å²) < 4.78 is 16.6. The average molecular weight is 512 g/mol. The van der Waals surface area contributed by atoms with E-state index in [1.165, 1.54) is 26.0 Å². The van der Waals surface area contributed by atoms with E-state index in [1.807, 2.05) is 0 Å². The number of hydrogen-bond donors (Lipinski definition) is 2. The van der Waals surface area contributed by atoms with Crippen LogP contribution in [-0.2, 0) is 19.1 Å². The number of carbonyl (C=O) groups is 4. The van der Waals surface area contributed by atoms with Crippen LogP contribution in [0, 0.1) is 0 Å². The van der Waals surface area contributed by atoms with E-state index in [0.29, 0.717) is 29.5 Å². The van der Waals surface area contributed by atoms with E-state index in [0.717, 1.165) is 32.4 Å². The van der Waals surface area contributed by atoms with Gasteiger partial charge in [-0.25, -0.2) is 4.79 Å². The third-order valence-electron chi connectivity index (χ3n) is 5.67. The van der Waals surface area contributed by atoms with Crippen molar-refractivity contribution in [2.75, 3.05) is 36.9 Å². The second-order valence-corrected chi connectivity index (χ2v) is 8.62. The molecule has 198 valence electrons. The van der Waals surface area contributed by atoms with Crippen LogP contribution in [0.4, 0.5) is 11.4 Å². The van der Waals surface area contributed by atoms with Crippen LogP contribution in [0.2, 0.25) is 0 Å². The number of likely N-dealkylation sites (tertiary alicyclic amines) is 1. The normalized spacial score (nSPS) is 13.8. The number of amides is 3. The van der Waals surface area contributed by atoms with E-state index in [4.69, 9.17) is 14.2 Å². The number of benzene rings is 2. The molecule has 0 aliphatic carbocycles. The van der Waals surface area contributed by atoms with Crippen molar-refractivity contribution < 1.29 is 33.4 Å². The lowest BCUT2D eigenvalue weighted by Gasteiger charge is -2.26. The van der Waals surface area contributed by atoms with Crippen LogP contribution in [0.25, 0.3) is 0 Å². The highest BCUT2D eigenvalue weighted by Gasteiger charge is 2.22. The van der Waals surface area contributed by atoms with E-state index in [-0.39, 0.29) is 24.0 Å².